The van der Waals surface area contributed by atoms with Crippen LogP contribution >= 0.6 is 0 Å². The molecule has 0 heterocycles. The summed E-state index contributed by atoms with van der Waals surface area (Å²) in [4.78, 5) is 36.3. The Bertz CT molecular complexity index is 970. The summed E-state index contributed by atoms with van der Waals surface area (Å²) in [7, 11) is 5.33. The molecule has 0 amide bonds. The molecule has 45 heavy (non-hydrogen) atoms. The molecule has 0 N–H and O–H groups in total. The lowest BCUT2D eigenvalue weighted by atomic mass is 10.1. The fourth-order valence-corrected chi connectivity index (χ4v) is 4.08. The first-order valence-electron chi connectivity index (χ1n) is 16.5. The molecule has 2 atom stereocenters. The molecule has 0 aromatic heterocycles. The number of hydrogen-bond donors (Lipinski definition) is 0. The van der Waals surface area contributed by atoms with Crippen molar-refractivity contribution in [3.63, 3.8) is 0 Å². The Morgan fingerprint density at radius 3 is 1.76 bits per heavy atom. The first-order chi connectivity index (χ1) is 21.6. The minimum absolute atomic E-state index is 0.00642. The molecule has 0 saturated carbocycles. The van der Waals surface area contributed by atoms with E-state index in [1.54, 1.807) is 27.2 Å². The van der Waals surface area contributed by atoms with Crippen molar-refractivity contribution in [1.82, 2.24) is 0 Å². The van der Waals surface area contributed by atoms with Crippen LogP contribution in [0.1, 0.15) is 90.9 Å². The van der Waals surface area contributed by atoms with Gasteiger partial charge in [-0.3, -0.25) is 9.59 Å². The van der Waals surface area contributed by atoms with Gasteiger partial charge in [-0.15, -0.1) is 0 Å². The molecule has 0 bridgehead atoms. The van der Waals surface area contributed by atoms with Crippen LogP contribution in [0.5, 0.6) is 0 Å². The highest BCUT2D eigenvalue weighted by atomic mass is 16.6. The van der Waals surface area contributed by atoms with E-state index in [0.29, 0.717) is 6.42 Å². The van der Waals surface area contributed by atoms with Gasteiger partial charge in [0.05, 0.1) is 46.7 Å². The van der Waals surface area contributed by atoms with Gasteiger partial charge >= 0.3 is 11.9 Å². The molecule has 0 rings (SSSR count). The predicted octanol–water partition coefficient (Wildman–Crippen LogP) is 6.34. The molecular weight excluding hydrogens is 570 g/mol. The van der Waals surface area contributed by atoms with Crippen LogP contribution in [0.4, 0.5) is 0 Å². The van der Waals surface area contributed by atoms with Crippen LogP contribution in [0.15, 0.2) is 72.9 Å². The second-order valence-corrected chi connectivity index (χ2v) is 11.6. The second-order valence-electron chi connectivity index (χ2n) is 11.6. The smallest absolute Gasteiger partial charge is 0.309 e. The van der Waals surface area contributed by atoms with Gasteiger partial charge in [-0.1, -0.05) is 86.8 Å². The fourth-order valence-electron chi connectivity index (χ4n) is 4.08. The molecule has 0 radical (unpaired) electrons. The molecule has 0 fully saturated rings. The number of esters is 2. The fraction of sp³-hybridized carbons (Fsp3) is 0.595. The number of carboxylic acids is 1. The predicted molar refractivity (Wildman–Crippen MR) is 180 cm³/mol. The number of aliphatic carboxylic acids is 1. The van der Waals surface area contributed by atoms with Crippen LogP contribution in [0, 0.1) is 0 Å². The molecule has 0 aromatic carbocycles. The van der Waals surface area contributed by atoms with Crippen molar-refractivity contribution in [2.45, 2.75) is 103 Å². The highest BCUT2D eigenvalue weighted by molar-refractivity contribution is 5.71. The Kier molecular flexibility index (Phi) is 26.2. The number of rotatable bonds is 27. The van der Waals surface area contributed by atoms with E-state index in [0.717, 1.165) is 51.4 Å². The average Bonchev–Trinajstić information content (AvgIpc) is 2.98. The number of carbonyl (C=O) groups is 3. The zero-order valence-electron chi connectivity index (χ0n) is 28.5. The number of nitrogens with zero attached hydrogens (tertiary/aromatic N) is 1. The zero-order valence-corrected chi connectivity index (χ0v) is 28.5. The summed E-state index contributed by atoms with van der Waals surface area (Å²) in [5, 5.41) is 11.5. The van der Waals surface area contributed by atoms with Crippen molar-refractivity contribution >= 4 is 17.9 Å². The molecule has 0 aliphatic carbocycles. The van der Waals surface area contributed by atoms with Crippen molar-refractivity contribution in [1.29, 1.82) is 0 Å². The van der Waals surface area contributed by atoms with Gasteiger partial charge in [0.15, 0.2) is 6.10 Å². The van der Waals surface area contributed by atoms with Gasteiger partial charge in [0.1, 0.15) is 12.6 Å². The number of allylic oxidation sites excluding steroid dienone is 11. The Hall–Kier alpha value is -3.23. The minimum atomic E-state index is -1.15. The molecule has 0 aliphatic rings. The molecule has 8 heteroatoms. The van der Waals surface area contributed by atoms with Gasteiger partial charge in [-0.25, -0.2) is 0 Å². The van der Waals surface area contributed by atoms with Gasteiger partial charge in [0.25, 0.3) is 0 Å². The van der Waals surface area contributed by atoms with E-state index in [9.17, 15) is 19.5 Å². The molecule has 2 unspecified atom stereocenters. The van der Waals surface area contributed by atoms with Crippen LogP contribution < -0.4 is 5.11 Å². The van der Waals surface area contributed by atoms with Gasteiger partial charge in [0, 0.05) is 12.8 Å². The van der Waals surface area contributed by atoms with Crippen molar-refractivity contribution in [2.24, 2.45) is 0 Å². The quantitative estimate of drug-likeness (QED) is 0.0452. The van der Waals surface area contributed by atoms with E-state index in [1.807, 2.05) is 12.2 Å². The lowest BCUT2D eigenvalue weighted by Gasteiger charge is -2.34. The Balaban J connectivity index is 4.69. The third-order valence-corrected chi connectivity index (χ3v) is 6.62. The van der Waals surface area contributed by atoms with Gasteiger partial charge in [-0.05, 0) is 57.8 Å². The summed E-state index contributed by atoms with van der Waals surface area (Å²) >= 11 is 0. The van der Waals surface area contributed by atoms with Crippen LogP contribution in [0.2, 0.25) is 0 Å². The third kappa shape index (κ3) is 26.9. The SMILES string of the molecule is CC/C=C/C/C=C/C/C=C/CCCCC(=O)OC(COCCC(C(=O)[O-])[N+](C)(C)C)COC(=O)C/C=C/C/C=C/C/C=C/CC. The Labute approximate surface area is 272 Å². The van der Waals surface area contributed by atoms with Crippen molar-refractivity contribution in [2.75, 3.05) is 41.0 Å². The number of carboxylic acid groups (broad SMARTS) is 1. The minimum Gasteiger partial charge on any atom is -0.544 e. The highest BCUT2D eigenvalue weighted by Crippen LogP contribution is 2.09. The van der Waals surface area contributed by atoms with Crippen molar-refractivity contribution < 1.29 is 38.2 Å². The molecule has 254 valence electrons. The maximum atomic E-state index is 12.5. The lowest BCUT2D eigenvalue weighted by Crippen LogP contribution is -2.55. The molecule has 0 aromatic rings. The second kappa shape index (κ2) is 28.3. The van der Waals surface area contributed by atoms with E-state index in [-0.39, 0.29) is 49.5 Å². The molecule has 0 spiro atoms. The maximum Gasteiger partial charge on any atom is 0.309 e. The number of carbonyl (C=O) groups excluding carboxylic acids is 3. The maximum absolute atomic E-state index is 12.5. The zero-order chi connectivity index (χ0) is 33.6. The van der Waals surface area contributed by atoms with Crippen LogP contribution in [-0.2, 0) is 28.6 Å². The van der Waals surface area contributed by atoms with E-state index < -0.39 is 24.1 Å². The summed E-state index contributed by atoms with van der Waals surface area (Å²) in [6.45, 7) is 4.21. The van der Waals surface area contributed by atoms with Crippen LogP contribution in [0.3, 0.4) is 0 Å². The van der Waals surface area contributed by atoms with E-state index >= 15 is 0 Å². The van der Waals surface area contributed by atoms with Crippen LogP contribution in [0.25, 0.3) is 0 Å². The van der Waals surface area contributed by atoms with Crippen molar-refractivity contribution in [3.05, 3.63) is 72.9 Å². The summed E-state index contributed by atoms with van der Waals surface area (Å²) in [6.07, 6.45) is 32.7. The van der Waals surface area contributed by atoms with E-state index in [1.165, 1.54) is 0 Å². The number of likely N-dealkylation sites (N-methyl/N-ethyl adjacent to an activating group) is 1. The Morgan fingerprint density at radius 1 is 0.689 bits per heavy atom. The Morgan fingerprint density at radius 2 is 1.22 bits per heavy atom. The standard InChI is InChI=1S/C37H59NO7/c1-6-8-10-12-14-16-17-18-20-22-24-26-28-36(40)45-33(31-43-30-29-34(37(41)42)38(3,4)5)32-44-35(39)27-25-23-21-19-15-13-11-9-7-2/h8-11,14-16,18-20,23,25,33-34H,6-7,12-13,17,21-22,24,26-32H2,1-5H3/b10-8+,11-9+,16-14+,19-15+,20-18+,25-23+. The monoisotopic (exact) mass is 629 g/mol. The first kappa shape index (κ1) is 41.8. The van der Waals surface area contributed by atoms with Gasteiger partial charge in [0.2, 0.25) is 0 Å². The van der Waals surface area contributed by atoms with Crippen LogP contribution in [-0.4, -0.2) is 75.5 Å². The number of ether oxygens (including phenoxy) is 3. The number of quaternary nitrogens is 1. The van der Waals surface area contributed by atoms with Gasteiger partial charge < -0.3 is 28.6 Å². The molecule has 0 saturated heterocycles. The number of unbranched alkanes of at least 4 members (excludes halogenated alkanes) is 2. The summed E-state index contributed by atoms with van der Waals surface area (Å²) < 4.78 is 16.8. The highest BCUT2D eigenvalue weighted by Gasteiger charge is 2.25. The lowest BCUT2D eigenvalue weighted by molar-refractivity contribution is -0.889. The molecule has 0 aliphatic heterocycles. The largest absolute Gasteiger partial charge is 0.544 e. The summed E-state index contributed by atoms with van der Waals surface area (Å²) in [6, 6.07) is -0.744. The average molecular weight is 630 g/mol. The van der Waals surface area contributed by atoms with E-state index in [4.69, 9.17) is 14.2 Å². The van der Waals surface area contributed by atoms with Gasteiger partial charge in [-0.2, -0.15) is 0 Å². The summed E-state index contributed by atoms with van der Waals surface area (Å²) in [5.74, 6) is -1.96. The summed E-state index contributed by atoms with van der Waals surface area (Å²) in [5.41, 5.74) is 0. The molecular formula is C37H59NO7. The first-order valence-corrected chi connectivity index (χ1v) is 16.5. The van der Waals surface area contributed by atoms with Crippen molar-refractivity contribution in [3.8, 4) is 0 Å². The molecule has 8 nitrogen and oxygen atoms in total. The normalized spacial score (nSPS) is 14.1. The topological polar surface area (TPSA) is 102 Å². The third-order valence-electron chi connectivity index (χ3n) is 6.62. The van der Waals surface area contributed by atoms with E-state index in [2.05, 4.69) is 68.5 Å². The number of hydrogen-bond acceptors (Lipinski definition) is 7.